The number of carboxylic acids is 1. The van der Waals surface area contributed by atoms with Crippen molar-refractivity contribution in [3.05, 3.63) is 30.3 Å². The van der Waals surface area contributed by atoms with Crippen LogP contribution in [0.1, 0.15) is 20.8 Å². The summed E-state index contributed by atoms with van der Waals surface area (Å²) in [6.45, 7) is 4.99. The van der Waals surface area contributed by atoms with Crippen molar-refractivity contribution in [2.75, 3.05) is 6.54 Å². The van der Waals surface area contributed by atoms with E-state index in [1.807, 2.05) is 0 Å². The number of ether oxygens (including phenoxy) is 2. The molecule has 0 bridgehead atoms. The summed E-state index contributed by atoms with van der Waals surface area (Å²) in [4.78, 5) is 22.5. The third-order valence-corrected chi connectivity index (χ3v) is 2.13. The van der Waals surface area contributed by atoms with Gasteiger partial charge in [-0.1, -0.05) is 18.2 Å². The lowest BCUT2D eigenvalue weighted by atomic mass is 10.2. The van der Waals surface area contributed by atoms with Gasteiger partial charge in [-0.2, -0.15) is 0 Å². The molecule has 1 aromatic carbocycles. The summed E-state index contributed by atoms with van der Waals surface area (Å²) in [5.74, 6) is -0.740. The van der Waals surface area contributed by atoms with Gasteiger partial charge in [0.25, 0.3) is 0 Å². The zero-order chi connectivity index (χ0) is 15.2. The Kier molecular flexibility index (Phi) is 5.37. The standard InChI is InChI=1S/C14H19NO5/c1-14(2,3)20-13(18)15-9-11(12(16)17)19-10-7-5-4-6-8-10/h4-8,11H,9H2,1-3H3,(H,15,18)(H,16,17)/t11-/m1/s1. The second kappa shape index (κ2) is 6.79. The molecule has 0 fully saturated rings. The molecule has 6 nitrogen and oxygen atoms in total. The summed E-state index contributed by atoms with van der Waals surface area (Å²) in [5, 5.41) is 11.4. The number of aliphatic carboxylic acids is 1. The molecule has 0 saturated carbocycles. The van der Waals surface area contributed by atoms with Crippen molar-refractivity contribution < 1.29 is 24.2 Å². The molecule has 0 unspecified atom stereocenters. The maximum Gasteiger partial charge on any atom is 0.407 e. The molecule has 20 heavy (non-hydrogen) atoms. The first-order valence-corrected chi connectivity index (χ1v) is 6.19. The zero-order valence-corrected chi connectivity index (χ0v) is 11.8. The number of carbonyl (C=O) groups is 2. The van der Waals surface area contributed by atoms with Gasteiger partial charge >= 0.3 is 12.1 Å². The number of hydrogen-bond donors (Lipinski definition) is 2. The van der Waals surface area contributed by atoms with Crippen molar-refractivity contribution in [3.63, 3.8) is 0 Å². The third-order valence-electron chi connectivity index (χ3n) is 2.13. The van der Waals surface area contributed by atoms with Crippen molar-refractivity contribution in [2.45, 2.75) is 32.5 Å². The van der Waals surface area contributed by atoms with Crippen LogP contribution in [-0.4, -0.2) is 35.4 Å². The van der Waals surface area contributed by atoms with Gasteiger partial charge in [0.05, 0.1) is 6.54 Å². The number of amides is 1. The molecule has 0 heterocycles. The first kappa shape index (κ1) is 15.8. The fourth-order valence-corrected chi connectivity index (χ4v) is 1.33. The predicted molar refractivity (Wildman–Crippen MR) is 72.7 cm³/mol. The van der Waals surface area contributed by atoms with E-state index in [1.54, 1.807) is 51.1 Å². The van der Waals surface area contributed by atoms with E-state index < -0.39 is 23.8 Å². The molecular formula is C14H19NO5. The average molecular weight is 281 g/mol. The highest BCUT2D eigenvalue weighted by molar-refractivity contribution is 5.75. The van der Waals surface area contributed by atoms with Crippen LogP contribution in [-0.2, 0) is 9.53 Å². The molecule has 0 aliphatic heterocycles. The van der Waals surface area contributed by atoms with E-state index in [-0.39, 0.29) is 6.54 Å². The first-order chi connectivity index (χ1) is 9.28. The van der Waals surface area contributed by atoms with Crippen LogP contribution in [0.2, 0.25) is 0 Å². The van der Waals surface area contributed by atoms with Crippen LogP contribution >= 0.6 is 0 Å². The predicted octanol–water partition coefficient (Wildman–Crippen LogP) is 2.04. The lowest BCUT2D eigenvalue weighted by Gasteiger charge is -2.21. The van der Waals surface area contributed by atoms with Crippen molar-refractivity contribution in [2.24, 2.45) is 0 Å². The highest BCUT2D eigenvalue weighted by atomic mass is 16.6. The second-order valence-corrected chi connectivity index (χ2v) is 5.14. The smallest absolute Gasteiger partial charge is 0.407 e. The van der Waals surface area contributed by atoms with E-state index in [2.05, 4.69) is 5.32 Å². The molecule has 0 spiro atoms. The van der Waals surface area contributed by atoms with Gasteiger partial charge in [0.2, 0.25) is 6.10 Å². The minimum absolute atomic E-state index is 0.181. The number of hydrogen-bond acceptors (Lipinski definition) is 4. The molecule has 110 valence electrons. The monoisotopic (exact) mass is 281 g/mol. The van der Waals surface area contributed by atoms with Crippen LogP contribution in [0.5, 0.6) is 5.75 Å². The fraction of sp³-hybridized carbons (Fsp3) is 0.429. The maximum atomic E-state index is 11.5. The highest BCUT2D eigenvalue weighted by Crippen LogP contribution is 2.11. The Hall–Kier alpha value is -2.24. The molecule has 0 aliphatic carbocycles. The first-order valence-electron chi connectivity index (χ1n) is 6.19. The van der Waals surface area contributed by atoms with E-state index in [1.165, 1.54) is 0 Å². The number of rotatable bonds is 5. The van der Waals surface area contributed by atoms with Gasteiger partial charge in [-0.15, -0.1) is 0 Å². The van der Waals surface area contributed by atoms with E-state index >= 15 is 0 Å². The van der Waals surface area contributed by atoms with E-state index in [4.69, 9.17) is 14.6 Å². The minimum Gasteiger partial charge on any atom is -0.478 e. The number of alkyl carbamates (subject to hydrolysis) is 1. The lowest BCUT2D eigenvalue weighted by Crippen LogP contribution is -2.42. The molecule has 1 atom stereocenters. The van der Waals surface area contributed by atoms with Crippen LogP contribution < -0.4 is 10.1 Å². The van der Waals surface area contributed by atoms with Crippen LogP contribution in [0.15, 0.2) is 30.3 Å². The molecule has 0 aliphatic rings. The molecule has 0 aromatic heterocycles. The minimum atomic E-state index is -1.18. The third kappa shape index (κ3) is 6.08. The van der Waals surface area contributed by atoms with Crippen LogP contribution in [0.3, 0.4) is 0 Å². The number of para-hydroxylation sites is 1. The average Bonchev–Trinajstić information content (AvgIpc) is 2.33. The van der Waals surface area contributed by atoms with E-state index in [0.29, 0.717) is 5.75 Å². The fourth-order valence-electron chi connectivity index (χ4n) is 1.33. The van der Waals surface area contributed by atoms with Gasteiger partial charge in [-0.25, -0.2) is 9.59 Å². The van der Waals surface area contributed by atoms with E-state index in [9.17, 15) is 9.59 Å². The summed E-state index contributed by atoms with van der Waals surface area (Å²) in [5.41, 5.74) is -0.636. The molecule has 2 N–H and O–H groups in total. The molecular weight excluding hydrogens is 262 g/mol. The second-order valence-electron chi connectivity index (χ2n) is 5.14. The largest absolute Gasteiger partial charge is 0.478 e. The number of benzene rings is 1. The zero-order valence-electron chi connectivity index (χ0n) is 11.8. The van der Waals surface area contributed by atoms with Gasteiger partial charge < -0.3 is 19.9 Å². The Morgan fingerprint density at radius 3 is 2.35 bits per heavy atom. The molecule has 1 amide bonds. The van der Waals surface area contributed by atoms with Crippen molar-refractivity contribution in [3.8, 4) is 5.75 Å². The topological polar surface area (TPSA) is 84.9 Å². The summed E-state index contributed by atoms with van der Waals surface area (Å²) in [6, 6.07) is 8.54. The Labute approximate surface area is 117 Å². The van der Waals surface area contributed by atoms with Gasteiger partial charge in [0.1, 0.15) is 11.4 Å². The molecule has 1 aromatic rings. The Morgan fingerprint density at radius 1 is 1.25 bits per heavy atom. The molecule has 0 radical (unpaired) electrons. The molecule has 6 heteroatoms. The van der Waals surface area contributed by atoms with Gasteiger partial charge in [0.15, 0.2) is 0 Å². The van der Waals surface area contributed by atoms with Crippen molar-refractivity contribution in [1.29, 1.82) is 0 Å². The van der Waals surface area contributed by atoms with Gasteiger partial charge in [-0.05, 0) is 32.9 Å². The summed E-state index contributed by atoms with van der Waals surface area (Å²) in [7, 11) is 0. The van der Waals surface area contributed by atoms with Gasteiger partial charge in [-0.3, -0.25) is 0 Å². The highest BCUT2D eigenvalue weighted by Gasteiger charge is 2.22. The number of nitrogens with one attached hydrogen (secondary N) is 1. The van der Waals surface area contributed by atoms with Crippen LogP contribution in [0.25, 0.3) is 0 Å². The Bertz CT molecular complexity index is 452. The van der Waals surface area contributed by atoms with Crippen molar-refractivity contribution >= 4 is 12.1 Å². The number of carboxylic acid groups (broad SMARTS) is 1. The summed E-state index contributed by atoms with van der Waals surface area (Å²) < 4.78 is 10.3. The SMILES string of the molecule is CC(C)(C)OC(=O)NC[C@@H](Oc1ccccc1)C(=O)O. The summed E-state index contributed by atoms with van der Waals surface area (Å²) in [6.07, 6.45) is -1.86. The van der Waals surface area contributed by atoms with Gasteiger partial charge in [0, 0.05) is 0 Å². The van der Waals surface area contributed by atoms with E-state index in [0.717, 1.165) is 0 Å². The number of carbonyl (C=O) groups excluding carboxylic acids is 1. The molecule has 0 saturated heterocycles. The van der Waals surface area contributed by atoms with Crippen LogP contribution in [0.4, 0.5) is 4.79 Å². The summed E-state index contributed by atoms with van der Waals surface area (Å²) >= 11 is 0. The quantitative estimate of drug-likeness (QED) is 0.862. The van der Waals surface area contributed by atoms with Crippen LogP contribution in [0, 0.1) is 0 Å². The lowest BCUT2D eigenvalue weighted by molar-refractivity contribution is -0.144. The molecule has 1 rings (SSSR count). The Morgan fingerprint density at radius 2 is 1.85 bits per heavy atom. The Balaban J connectivity index is 2.52. The maximum absolute atomic E-state index is 11.5. The van der Waals surface area contributed by atoms with Crippen molar-refractivity contribution in [1.82, 2.24) is 5.32 Å². The normalized spacial score (nSPS) is 12.3.